The molecule has 0 saturated carbocycles. The van der Waals surface area contributed by atoms with Crippen LogP contribution in [0.1, 0.15) is 32.6 Å². The Morgan fingerprint density at radius 2 is 1.78 bits per heavy atom. The number of ether oxygens (including phenoxy) is 1. The Labute approximate surface area is 160 Å². The van der Waals surface area contributed by atoms with Crippen LogP contribution in [0.25, 0.3) is 33.2 Å². The average molecular weight is 358 g/mol. The lowest BCUT2D eigenvalue weighted by molar-refractivity contribution is 0.415. The van der Waals surface area contributed by atoms with E-state index in [2.05, 4.69) is 60.0 Å². The van der Waals surface area contributed by atoms with Gasteiger partial charge in [-0.2, -0.15) is 0 Å². The van der Waals surface area contributed by atoms with Crippen molar-refractivity contribution < 1.29 is 4.74 Å². The summed E-state index contributed by atoms with van der Waals surface area (Å²) in [6, 6.07) is 21.2. The van der Waals surface area contributed by atoms with Gasteiger partial charge < -0.3 is 9.30 Å². The number of aryl methyl sites for hydroxylation is 1. The molecular formula is C24H26N2O. The van der Waals surface area contributed by atoms with Crippen LogP contribution in [0.4, 0.5) is 0 Å². The first kappa shape index (κ1) is 17.6. The average Bonchev–Trinajstić information content (AvgIpc) is 3.08. The molecule has 27 heavy (non-hydrogen) atoms. The van der Waals surface area contributed by atoms with E-state index in [0.29, 0.717) is 0 Å². The number of benzene rings is 3. The number of nitrogens with zero attached hydrogens (tertiary/aromatic N) is 2. The zero-order chi connectivity index (χ0) is 18.6. The van der Waals surface area contributed by atoms with E-state index >= 15 is 0 Å². The fraction of sp³-hybridized carbons (Fsp3) is 0.292. The van der Waals surface area contributed by atoms with Crippen LogP contribution < -0.4 is 4.74 Å². The topological polar surface area (TPSA) is 27.1 Å². The highest BCUT2D eigenvalue weighted by Crippen LogP contribution is 2.32. The molecule has 0 radical (unpaired) electrons. The Balaban J connectivity index is 1.87. The van der Waals surface area contributed by atoms with Crippen molar-refractivity contribution >= 4 is 21.8 Å². The number of hydrogen-bond acceptors (Lipinski definition) is 2. The standard InChI is InChI=1S/C24H26N2O/c1-3-4-5-8-16-26-23-15-14-19(27-2)17-22(23)25-24(26)21-13-9-11-18-10-6-7-12-20(18)21/h6-7,9-15,17H,3-5,8,16H2,1-2H3. The van der Waals surface area contributed by atoms with Gasteiger partial charge in [0.15, 0.2) is 0 Å². The third kappa shape index (κ3) is 3.42. The minimum atomic E-state index is 0.850. The molecule has 3 nitrogen and oxygen atoms in total. The van der Waals surface area contributed by atoms with Crippen molar-refractivity contribution in [2.45, 2.75) is 39.2 Å². The minimum absolute atomic E-state index is 0.850. The highest BCUT2D eigenvalue weighted by Gasteiger charge is 2.15. The number of rotatable bonds is 7. The van der Waals surface area contributed by atoms with Gasteiger partial charge >= 0.3 is 0 Å². The Kier molecular flexibility index (Phi) is 5.10. The van der Waals surface area contributed by atoms with Gasteiger partial charge in [-0.25, -0.2) is 4.98 Å². The molecule has 0 N–H and O–H groups in total. The highest BCUT2D eigenvalue weighted by molar-refractivity contribution is 5.97. The molecule has 0 atom stereocenters. The quantitative estimate of drug-likeness (QED) is 0.355. The third-order valence-corrected chi connectivity index (χ3v) is 5.22. The molecular weight excluding hydrogens is 332 g/mol. The van der Waals surface area contributed by atoms with Gasteiger partial charge in [0.2, 0.25) is 0 Å². The van der Waals surface area contributed by atoms with Crippen LogP contribution in [0.3, 0.4) is 0 Å². The summed E-state index contributed by atoms with van der Waals surface area (Å²) in [5.74, 6) is 1.90. The van der Waals surface area contributed by atoms with Crippen molar-refractivity contribution in [1.82, 2.24) is 9.55 Å². The van der Waals surface area contributed by atoms with Crippen molar-refractivity contribution in [2.75, 3.05) is 7.11 Å². The van der Waals surface area contributed by atoms with E-state index in [0.717, 1.165) is 23.6 Å². The number of unbranched alkanes of at least 4 members (excludes halogenated alkanes) is 3. The lowest BCUT2D eigenvalue weighted by Crippen LogP contribution is -2.01. The summed E-state index contributed by atoms with van der Waals surface area (Å²) in [6.45, 7) is 3.24. The molecule has 0 amide bonds. The van der Waals surface area contributed by atoms with Crippen molar-refractivity contribution in [3.63, 3.8) is 0 Å². The summed E-state index contributed by atoms with van der Waals surface area (Å²) < 4.78 is 7.79. The smallest absolute Gasteiger partial charge is 0.141 e. The fourth-order valence-electron chi connectivity index (χ4n) is 3.79. The van der Waals surface area contributed by atoms with Gasteiger partial charge in [0.05, 0.1) is 18.1 Å². The fourth-order valence-corrected chi connectivity index (χ4v) is 3.79. The summed E-state index contributed by atoms with van der Waals surface area (Å²) in [5, 5.41) is 2.49. The van der Waals surface area contributed by atoms with Gasteiger partial charge in [-0.1, -0.05) is 68.7 Å². The second-order valence-electron chi connectivity index (χ2n) is 7.03. The number of imidazole rings is 1. The number of hydrogen-bond donors (Lipinski definition) is 0. The molecule has 4 rings (SSSR count). The predicted molar refractivity (Wildman–Crippen MR) is 113 cm³/mol. The van der Waals surface area contributed by atoms with E-state index < -0.39 is 0 Å². The molecule has 0 unspecified atom stereocenters. The lowest BCUT2D eigenvalue weighted by Gasteiger charge is -2.11. The van der Waals surface area contributed by atoms with Crippen LogP contribution in [0, 0.1) is 0 Å². The molecule has 0 spiro atoms. The van der Waals surface area contributed by atoms with E-state index in [9.17, 15) is 0 Å². The SMILES string of the molecule is CCCCCCn1c(-c2cccc3ccccc23)nc2cc(OC)ccc21. The molecule has 1 heterocycles. The Morgan fingerprint density at radius 3 is 2.63 bits per heavy atom. The molecule has 0 saturated heterocycles. The molecule has 138 valence electrons. The van der Waals surface area contributed by atoms with E-state index in [1.54, 1.807) is 7.11 Å². The Bertz CT molecular complexity index is 1060. The maximum Gasteiger partial charge on any atom is 0.141 e. The molecule has 4 aromatic rings. The van der Waals surface area contributed by atoms with E-state index in [1.165, 1.54) is 47.5 Å². The summed E-state index contributed by atoms with van der Waals surface area (Å²) in [4.78, 5) is 5.02. The summed E-state index contributed by atoms with van der Waals surface area (Å²) in [7, 11) is 1.70. The van der Waals surface area contributed by atoms with E-state index in [1.807, 2.05) is 12.1 Å². The zero-order valence-electron chi connectivity index (χ0n) is 16.1. The maximum atomic E-state index is 5.41. The van der Waals surface area contributed by atoms with Crippen LogP contribution >= 0.6 is 0 Å². The van der Waals surface area contributed by atoms with Crippen molar-refractivity contribution in [3.8, 4) is 17.1 Å². The van der Waals surface area contributed by atoms with Crippen molar-refractivity contribution in [2.24, 2.45) is 0 Å². The molecule has 0 aliphatic rings. The van der Waals surface area contributed by atoms with Crippen LogP contribution in [0.2, 0.25) is 0 Å². The van der Waals surface area contributed by atoms with E-state index in [4.69, 9.17) is 9.72 Å². The van der Waals surface area contributed by atoms with Crippen LogP contribution in [-0.4, -0.2) is 16.7 Å². The van der Waals surface area contributed by atoms with Crippen LogP contribution in [0.15, 0.2) is 60.7 Å². The van der Waals surface area contributed by atoms with Gasteiger partial charge in [-0.3, -0.25) is 0 Å². The summed E-state index contributed by atoms with van der Waals surface area (Å²) in [6.07, 6.45) is 4.95. The Morgan fingerprint density at radius 1 is 0.926 bits per heavy atom. The van der Waals surface area contributed by atoms with Gasteiger partial charge in [-0.15, -0.1) is 0 Å². The maximum absolute atomic E-state index is 5.41. The largest absolute Gasteiger partial charge is 0.497 e. The molecule has 3 heteroatoms. The molecule has 3 aromatic carbocycles. The van der Waals surface area contributed by atoms with Gasteiger partial charge in [0, 0.05) is 18.2 Å². The van der Waals surface area contributed by atoms with Gasteiger partial charge in [-0.05, 0) is 29.3 Å². The molecule has 1 aromatic heterocycles. The monoisotopic (exact) mass is 358 g/mol. The zero-order valence-corrected chi connectivity index (χ0v) is 16.1. The Hall–Kier alpha value is -2.81. The van der Waals surface area contributed by atoms with Crippen LogP contribution in [-0.2, 0) is 6.54 Å². The first-order valence-corrected chi connectivity index (χ1v) is 9.84. The number of methoxy groups -OCH3 is 1. The minimum Gasteiger partial charge on any atom is -0.497 e. The molecule has 0 bridgehead atoms. The summed E-state index contributed by atoms with van der Waals surface area (Å²) in [5.41, 5.74) is 3.36. The normalized spacial score (nSPS) is 11.3. The lowest BCUT2D eigenvalue weighted by atomic mass is 10.0. The van der Waals surface area contributed by atoms with Crippen molar-refractivity contribution in [1.29, 1.82) is 0 Å². The molecule has 0 fully saturated rings. The first-order chi connectivity index (χ1) is 13.3. The van der Waals surface area contributed by atoms with Crippen molar-refractivity contribution in [3.05, 3.63) is 60.7 Å². The van der Waals surface area contributed by atoms with Crippen LogP contribution in [0.5, 0.6) is 5.75 Å². The third-order valence-electron chi connectivity index (χ3n) is 5.22. The van der Waals surface area contributed by atoms with E-state index in [-0.39, 0.29) is 0 Å². The van der Waals surface area contributed by atoms with Gasteiger partial charge in [0.1, 0.15) is 11.6 Å². The molecule has 0 aliphatic carbocycles. The van der Waals surface area contributed by atoms with Gasteiger partial charge in [0.25, 0.3) is 0 Å². The molecule has 0 aliphatic heterocycles. The second kappa shape index (κ2) is 7.83. The highest BCUT2D eigenvalue weighted by atomic mass is 16.5. The predicted octanol–water partition coefficient (Wildman–Crippen LogP) is 6.45. The second-order valence-corrected chi connectivity index (χ2v) is 7.03. The number of aromatic nitrogens is 2. The number of fused-ring (bicyclic) bond motifs is 2. The first-order valence-electron chi connectivity index (χ1n) is 9.84. The summed E-state index contributed by atoms with van der Waals surface area (Å²) >= 11 is 0.